The summed E-state index contributed by atoms with van der Waals surface area (Å²) in [6, 6.07) is 8.58. The van der Waals surface area contributed by atoms with Gasteiger partial charge in [0.1, 0.15) is 54.6 Å². The second-order valence-electron chi connectivity index (χ2n) is 21.7. The zero-order valence-electron chi connectivity index (χ0n) is 48.9. The summed E-state index contributed by atoms with van der Waals surface area (Å²) in [6.07, 6.45) is 7.56. The number of amides is 9. The summed E-state index contributed by atoms with van der Waals surface area (Å²) < 4.78 is 0. The second-order valence-corrected chi connectivity index (χ2v) is 21.7. The molecule has 1 aliphatic heterocycles. The molecule has 31 nitrogen and oxygen atoms in total. The highest BCUT2D eigenvalue weighted by Crippen LogP contribution is 2.24. The summed E-state index contributed by atoms with van der Waals surface area (Å²) in [5, 5.41) is 60.8. The number of aliphatic hydroxyl groups is 1. The van der Waals surface area contributed by atoms with Crippen molar-refractivity contribution in [2.45, 2.75) is 106 Å². The van der Waals surface area contributed by atoms with Gasteiger partial charge in [-0.05, 0) is 60.2 Å². The number of para-hydroxylation sites is 2. The smallest absolute Gasteiger partial charge is 0.322 e. The van der Waals surface area contributed by atoms with Crippen LogP contribution in [0.2, 0.25) is 0 Å². The van der Waals surface area contributed by atoms with Gasteiger partial charge >= 0.3 is 11.9 Å². The van der Waals surface area contributed by atoms with Gasteiger partial charge in [-0.25, -0.2) is 9.97 Å². The predicted molar refractivity (Wildman–Crippen MR) is 322 cm³/mol. The molecular formula is C60H70N16O15. The number of hydrogen-bond acceptors (Lipinski definition) is 16. The third-order valence-corrected chi connectivity index (χ3v) is 15.2. The van der Waals surface area contributed by atoms with Crippen LogP contribution in [0.15, 0.2) is 110 Å². The summed E-state index contributed by atoms with van der Waals surface area (Å²) in [5.74, 6) is -10.5. The third-order valence-electron chi connectivity index (χ3n) is 15.2. The van der Waals surface area contributed by atoms with Gasteiger partial charge in [-0.15, -0.1) is 0 Å². The van der Waals surface area contributed by atoms with E-state index in [-0.39, 0.29) is 57.2 Å². The zero-order valence-corrected chi connectivity index (χ0v) is 48.9. The number of rotatable bonds is 32. The lowest BCUT2D eigenvalue weighted by atomic mass is 10.0. The van der Waals surface area contributed by atoms with Gasteiger partial charge in [0.05, 0.1) is 31.8 Å². The van der Waals surface area contributed by atoms with Gasteiger partial charge in [-0.1, -0.05) is 48.5 Å². The number of phenols is 1. The average molecular weight is 1260 g/mol. The maximum atomic E-state index is 14.7. The number of carbonyl (C=O) groups is 11. The van der Waals surface area contributed by atoms with Crippen molar-refractivity contribution in [3.63, 3.8) is 0 Å². The zero-order chi connectivity index (χ0) is 65.1. The number of likely N-dealkylation sites (tertiary alicyclic amines) is 1. The number of aromatic amines is 4. The molecule has 0 radical (unpaired) electrons. The molecule has 7 aromatic rings. The van der Waals surface area contributed by atoms with Crippen LogP contribution in [0.4, 0.5) is 0 Å². The first kappa shape index (κ1) is 66.0. The number of hydrogen-bond donors (Lipinski definition) is 17. The minimum atomic E-state index is -1.79. The maximum absolute atomic E-state index is 14.7. The van der Waals surface area contributed by atoms with Gasteiger partial charge in [0.15, 0.2) is 0 Å². The van der Waals surface area contributed by atoms with Crippen molar-refractivity contribution in [1.29, 1.82) is 0 Å². The van der Waals surface area contributed by atoms with Crippen LogP contribution in [0.5, 0.6) is 5.75 Å². The summed E-state index contributed by atoms with van der Waals surface area (Å²) in [7, 11) is 0. The minimum absolute atomic E-state index is 0.0707. The highest BCUT2D eigenvalue weighted by Gasteiger charge is 2.39. The SMILES string of the molecule is N[C@@H](CCC(=O)O)C(=O)N[C@@H](Cc1cnc[nH]1)C(=O)N[C@@H](Cc1c[nH]c2ccccc12)C(=O)N[C@@H](CO)C(=O)N[C@@H](Cc1cnc[nH]1)C(=O)NCC(=O)N[C@@H](Cc1c[nH]c2ccccc12)C(=O)N[C@@H](Cc1ccc(O)cc1)C(=O)N1CCC[C@H]1C(=O)NCC(=O)O. The van der Waals surface area contributed by atoms with Gasteiger partial charge < -0.3 is 93.5 Å². The molecule has 0 spiro atoms. The number of aliphatic carboxylic acids is 2. The number of H-pyrrole nitrogens is 4. The van der Waals surface area contributed by atoms with Crippen molar-refractivity contribution in [2.24, 2.45) is 5.73 Å². The number of nitrogens with zero attached hydrogens (tertiary/aromatic N) is 3. The number of nitrogens with two attached hydrogens (primary N) is 1. The van der Waals surface area contributed by atoms with Crippen molar-refractivity contribution in [1.82, 2.24) is 77.3 Å². The summed E-state index contributed by atoms with van der Waals surface area (Å²) >= 11 is 0. The lowest BCUT2D eigenvalue weighted by molar-refractivity contribution is -0.143. The first-order valence-corrected chi connectivity index (χ1v) is 29.0. The first-order chi connectivity index (χ1) is 43.7. The van der Waals surface area contributed by atoms with Crippen LogP contribution < -0.4 is 48.3 Å². The standard InChI is InChI=1S/C60H70N16O15/c61-40(15-16-51(80)81)53(84)71-46(22-36-26-63-31-69-36)57(88)72-44(20-34-24-65-42-9-4-2-7-39(34)42)56(87)75-48(29-77)58(89)73-45(21-35-25-62-30-68-35)54(85)66-27-50(79)70-43(19-33-23-64-41-8-3-1-6-38(33)41)55(86)74-47(18-32-11-13-37(78)14-12-32)60(91)76-17-5-10-49(76)59(90)67-28-52(82)83/h1-4,6-9,11-14,23-26,30-31,40,43-49,64-65,77-78H,5,10,15-22,27-29,61H2,(H,62,68)(H,63,69)(H,66,85)(H,67,90)(H,70,79)(H,71,84)(H,72,88)(H,73,89)(H,74,86)(H,75,87)(H,80,81)(H,82,83)/t40-,43-,44-,45-,46-,47-,48-,49-/m0/s1. The van der Waals surface area contributed by atoms with E-state index in [0.717, 1.165) is 0 Å². The number of aromatic nitrogens is 6. The molecule has 480 valence electrons. The van der Waals surface area contributed by atoms with E-state index in [4.69, 9.17) is 5.73 Å². The Hall–Kier alpha value is -11.0. The number of imidazole rings is 2. The Kier molecular flexibility index (Phi) is 22.7. The molecule has 8 atom stereocenters. The van der Waals surface area contributed by atoms with Crippen molar-refractivity contribution in [3.8, 4) is 5.75 Å². The van der Waals surface area contributed by atoms with E-state index in [1.807, 2.05) is 0 Å². The molecule has 9 amide bonds. The van der Waals surface area contributed by atoms with Crippen LogP contribution in [0, 0.1) is 0 Å². The van der Waals surface area contributed by atoms with Gasteiger partial charge in [0.2, 0.25) is 53.2 Å². The van der Waals surface area contributed by atoms with Crippen LogP contribution >= 0.6 is 0 Å². The first-order valence-electron chi connectivity index (χ1n) is 29.0. The highest BCUT2D eigenvalue weighted by molar-refractivity contribution is 5.99. The Morgan fingerprint density at radius 3 is 1.60 bits per heavy atom. The molecule has 1 saturated heterocycles. The molecule has 4 aromatic heterocycles. The minimum Gasteiger partial charge on any atom is -0.508 e. The Balaban J connectivity index is 0.983. The molecule has 31 heteroatoms. The fraction of sp³-hybridized carbons (Fsp3) is 0.350. The lowest BCUT2D eigenvalue weighted by Gasteiger charge is -2.30. The maximum Gasteiger partial charge on any atom is 0.322 e. The number of carboxylic acids is 2. The van der Waals surface area contributed by atoms with Crippen molar-refractivity contribution >= 4 is 86.9 Å². The Morgan fingerprint density at radius 1 is 0.560 bits per heavy atom. The van der Waals surface area contributed by atoms with Crippen LogP contribution in [0.3, 0.4) is 0 Å². The van der Waals surface area contributed by atoms with Gasteiger partial charge in [-0.2, -0.15) is 0 Å². The quantitative estimate of drug-likeness (QED) is 0.0211. The monoisotopic (exact) mass is 1250 g/mol. The highest BCUT2D eigenvalue weighted by atomic mass is 16.4. The number of fused-ring (bicyclic) bond motifs is 2. The normalized spacial score (nSPS) is 15.2. The van der Waals surface area contributed by atoms with Gasteiger partial charge in [0, 0.05) is 103 Å². The summed E-state index contributed by atoms with van der Waals surface area (Å²) in [4.78, 5) is 170. The van der Waals surface area contributed by atoms with E-state index in [1.165, 1.54) is 54.2 Å². The molecule has 91 heavy (non-hydrogen) atoms. The van der Waals surface area contributed by atoms with E-state index in [2.05, 4.69) is 72.4 Å². The molecule has 0 aliphatic carbocycles. The lowest BCUT2D eigenvalue weighted by Crippen LogP contribution is -2.60. The van der Waals surface area contributed by atoms with Crippen LogP contribution in [0.1, 0.15) is 53.8 Å². The van der Waals surface area contributed by atoms with Crippen LogP contribution in [-0.4, -0.2) is 195 Å². The van der Waals surface area contributed by atoms with Gasteiger partial charge in [-0.3, -0.25) is 52.7 Å². The number of benzene rings is 3. The average Bonchev–Trinajstić information content (AvgIpc) is 2.23. The number of carboxylic acid groups (broad SMARTS) is 2. The topological polar surface area (TPSA) is 483 Å². The van der Waals surface area contributed by atoms with E-state index >= 15 is 0 Å². The number of phenolic OH excluding ortho intramolecular Hbond substituents is 1. The number of aromatic hydroxyl groups is 1. The van der Waals surface area contributed by atoms with Crippen molar-refractivity contribution < 1.29 is 73.2 Å². The van der Waals surface area contributed by atoms with E-state index in [9.17, 15) is 73.2 Å². The van der Waals surface area contributed by atoms with Gasteiger partial charge in [0.25, 0.3) is 0 Å². The molecule has 0 unspecified atom stereocenters. The molecule has 8 rings (SSSR count). The molecule has 1 aliphatic rings. The predicted octanol–water partition coefficient (Wildman–Crippen LogP) is -2.28. The van der Waals surface area contributed by atoms with E-state index in [1.54, 1.807) is 60.9 Å². The Morgan fingerprint density at radius 2 is 1.07 bits per heavy atom. The molecule has 0 saturated carbocycles. The number of aliphatic hydroxyl groups excluding tert-OH is 1. The molecule has 18 N–H and O–H groups in total. The van der Waals surface area contributed by atoms with E-state index in [0.29, 0.717) is 56.3 Å². The Labute approximate surface area is 517 Å². The number of nitrogens with one attached hydrogen (secondary N) is 12. The van der Waals surface area contributed by atoms with Crippen molar-refractivity contribution in [3.05, 3.63) is 138 Å². The van der Waals surface area contributed by atoms with Crippen LogP contribution in [-0.2, 0) is 84.8 Å². The third kappa shape index (κ3) is 18.3. The second kappa shape index (κ2) is 31.3. The van der Waals surface area contributed by atoms with Crippen LogP contribution in [0.25, 0.3) is 21.8 Å². The number of carbonyl (C=O) groups excluding carboxylic acids is 9. The molecule has 1 fully saturated rings. The Bertz CT molecular complexity index is 3720. The molecule has 5 heterocycles. The fourth-order valence-electron chi connectivity index (χ4n) is 10.5. The summed E-state index contributed by atoms with van der Waals surface area (Å²) in [6.45, 7) is -2.43. The summed E-state index contributed by atoms with van der Waals surface area (Å²) in [5.41, 5.74) is 9.70. The fourth-order valence-corrected chi connectivity index (χ4v) is 10.5. The van der Waals surface area contributed by atoms with Crippen molar-refractivity contribution in [2.75, 3.05) is 26.2 Å². The van der Waals surface area contributed by atoms with E-state index < -0.39 is 140 Å². The molecule has 3 aromatic carbocycles. The largest absolute Gasteiger partial charge is 0.508 e. The molecular weight excluding hydrogens is 1180 g/mol. The molecule has 0 bridgehead atoms.